The van der Waals surface area contributed by atoms with Gasteiger partial charge in [0.1, 0.15) is 22.9 Å². The molecule has 8 heteroatoms. The number of amides is 2. The topological polar surface area (TPSA) is 89.8 Å². The minimum atomic E-state index is -0.599. The summed E-state index contributed by atoms with van der Waals surface area (Å²) in [5.74, 6) is -0.527. The Bertz CT molecular complexity index is 982. The molecule has 0 fully saturated rings. The number of benzene rings is 2. The molecule has 3 rings (SSSR count). The van der Waals surface area contributed by atoms with Gasteiger partial charge in [-0.15, -0.1) is 0 Å². The van der Waals surface area contributed by atoms with Crippen LogP contribution in [-0.2, 0) is 4.79 Å². The van der Waals surface area contributed by atoms with E-state index in [0.29, 0.717) is 22.6 Å². The summed E-state index contributed by atoms with van der Waals surface area (Å²) >= 11 is 0. The Hall–Kier alpha value is -3.55. The molecule has 1 aromatic heterocycles. The lowest BCUT2D eigenvalue weighted by Crippen LogP contribution is -2.43. The van der Waals surface area contributed by atoms with Gasteiger partial charge in [-0.05, 0) is 49.4 Å². The molecule has 0 aliphatic rings. The monoisotopic (exact) mass is 372 g/mol. The molecule has 2 aromatic carbocycles. The molecule has 27 heavy (non-hydrogen) atoms. The summed E-state index contributed by atoms with van der Waals surface area (Å²) in [7, 11) is 1.55. The number of ether oxygens (including phenoxy) is 2. The predicted molar refractivity (Wildman–Crippen MR) is 95.0 cm³/mol. The van der Waals surface area contributed by atoms with E-state index in [1.807, 2.05) is 0 Å². The second-order valence-electron chi connectivity index (χ2n) is 5.66. The van der Waals surface area contributed by atoms with Crippen LogP contribution in [0.4, 0.5) is 4.39 Å². The van der Waals surface area contributed by atoms with Gasteiger partial charge >= 0.3 is 5.91 Å². The van der Waals surface area contributed by atoms with Crippen LogP contribution in [0.5, 0.6) is 11.5 Å². The summed E-state index contributed by atoms with van der Waals surface area (Å²) in [5.41, 5.74) is 5.66. The van der Waals surface area contributed by atoms with Gasteiger partial charge in [-0.25, -0.2) is 4.39 Å². The molecule has 7 nitrogen and oxygen atoms in total. The quantitative estimate of drug-likeness (QED) is 0.672. The summed E-state index contributed by atoms with van der Waals surface area (Å²) in [5, 5.41) is 0.741. The van der Waals surface area contributed by atoms with E-state index >= 15 is 0 Å². The normalized spacial score (nSPS) is 10.5. The van der Waals surface area contributed by atoms with E-state index in [4.69, 9.17) is 13.9 Å². The number of methoxy groups -OCH3 is 1. The third-order valence-corrected chi connectivity index (χ3v) is 3.85. The van der Waals surface area contributed by atoms with E-state index in [9.17, 15) is 14.0 Å². The number of fused-ring (bicyclic) bond motifs is 1. The molecular formula is C19H17FN2O5. The van der Waals surface area contributed by atoms with Crippen molar-refractivity contribution in [1.29, 1.82) is 0 Å². The first-order valence-corrected chi connectivity index (χ1v) is 8.02. The van der Waals surface area contributed by atoms with Crippen molar-refractivity contribution in [2.75, 3.05) is 13.7 Å². The van der Waals surface area contributed by atoms with Crippen molar-refractivity contribution >= 4 is 22.8 Å². The van der Waals surface area contributed by atoms with Crippen LogP contribution in [0.15, 0.2) is 46.9 Å². The first-order valence-electron chi connectivity index (χ1n) is 8.02. The fourth-order valence-corrected chi connectivity index (χ4v) is 2.44. The molecule has 1 heterocycles. The molecule has 0 unspecified atom stereocenters. The number of hydrazine groups is 1. The average molecular weight is 372 g/mol. The molecule has 0 aliphatic carbocycles. The number of rotatable bonds is 5. The van der Waals surface area contributed by atoms with Crippen molar-refractivity contribution in [2.45, 2.75) is 6.92 Å². The minimum Gasteiger partial charge on any atom is -0.497 e. The highest BCUT2D eigenvalue weighted by atomic mass is 19.1. The summed E-state index contributed by atoms with van der Waals surface area (Å²) in [6.07, 6.45) is 0. The molecule has 3 aromatic rings. The van der Waals surface area contributed by atoms with Crippen molar-refractivity contribution in [2.24, 2.45) is 0 Å². The summed E-state index contributed by atoms with van der Waals surface area (Å²) in [6.45, 7) is 1.39. The van der Waals surface area contributed by atoms with Crippen molar-refractivity contribution in [3.63, 3.8) is 0 Å². The molecule has 0 atom stereocenters. The predicted octanol–water partition coefficient (Wildman–Crippen LogP) is 2.73. The molecule has 0 aliphatic heterocycles. The SMILES string of the molecule is COc1ccc2oc(C(=O)NNC(=O)COc3ccc(F)cc3)c(C)c2c1. The molecule has 0 spiro atoms. The molecule has 2 N–H and O–H groups in total. The number of furan rings is 1. The average Bonchev–Trinajstić information content (AvgIpc) is 3.01. The standard InChI is InChI=1S/C19H17FN2O5/c1-11-15-9-14(25-2)7-8-16(15)27-18(11)19(24)22-21-17(23)10-26-13-5-3-12(20)4-6-13/h3-9H,10H2,1-2H3,(H,21,23)(H,22,24). The van der Waals surface area contributed by atoms with Crippen molar-refractivity contribution in [1.82, 2.24) is 10.9 Å². The van der Waals surface area contributed by atoms with E-state index in [1.54, 1.807) is 32.2 Å². The van der Waals surface area contributed by atoms with E-state index < -0.39 is 17.6 Å². The fourth-order valence-electron chi connectivity index (χ4n) is 2.44. The van der Waals surface area contributed by atoms with E-state index in [1.165, 1.54) is 24.3 Å². The Labute approximate surface area is 154 Å². The Balaban J connectivity index is 1.58. The second kappa shape index (κ2) is 7.77. The molecular weight excluding hydrogens is 355 g/mol. The number of hydrogen-bond acceptors (Lipinski definition) is 5. The van der Waals surface area contributed by atoms with Gasteiger partial charge in [0.2, 0.25) is 0 Å². The van der Waals surface area contributed by atoms with Crippen LogP contribution in [0.2, 0.25) is 0 Å². The Morgan fingerprint density at radius 1 is 1.07 bits per heavy atom. The van der Waals surface area contributed by atoms with Crippen LogP contribution < -0.4 is 20.3 Å². The first-order chi connectivity index (χ1) is 13.0. The Morgan fingerprint density at radius 2 is 1.78 bits per heavy atom. The highest BCUT2D eigenvalue weighted by molar-refractivity contribution is 5.99. The number of aryl methyl sites for hydroxylation is 1. The Morgan fingerprint density at radius 3 is 2.48 bits per heavy atom. The molecule has 0 bridgehead atoms. The summed E-state index contributed by atoms with van der Waals surface area (Å²) in [6, 6.07) is 10.4. The number of carbonyl (C=O) groups excluding carboxylic acids is 2. The van der Waals surface area contributed by atoms with E-state index in [-0.39, 0.29) is 12.4 Å². The van der Waals surface area contributed by atoms with Gasteiger partial charge < -0.3 is 13.9 Å². The summed E-state index contributed by atoms with van der Waals surface area (Å²) < 4.78 is 28.7. The van der Waals surface area contributed by atoms with Gasteiger partial charge in [0, 0.05) is 10.9 Å². The van der Waals surface area contributed by atoms with Gasteiger partial charge in [0.05, 0.1) is 7.11 Å². The van der Waals surface area contributed by atoms with Crippen LogP contribution in [0.3, 0.4) is 0 Å². The molecule has 0 saturated heterocycles. The van der Waals surface area contributed by atoms with Crippen LogP contribution >= 0.6 is 0 Å². The van der Waals surface area contributed by atoms with Crippen LogP contribution in [-0.4, -0.2) is 25.5 Å². The number of carbonyl (C=O) groups is 2. The smallest absolute Gasteiger partial charge is 0.305 e. The third-order valence-electron chi connectivity index (χ3n) is 3.85. The maximum atomic E-state index is 12.8. The minimum absolute atomic E-state index is 0.0815. The summed E-state index contributed by atoms with van der Waals surface area (Å²) in [4.78, 5) is 24.1. The lowest BCUT2D eigenvalue weighted by Gasteiger charge is -2.08. The molecule has 2 amide bonds. The van der Waals surface area contributed by atoms with Gasteiger partial charge in [0.15, 0.2) is 12.4 Å². The first kappa shape index (κ1) is 18.2. The highest BCUT2D eigenvalue weighted by Crippen LogP contribution is 2.28. The van der Waals surface area contributed by atoms with Crippen LogP contribution in [0, 0.1) is 12.7 Å². The number of halogens is 1. The van der Waals surface area contributed by atoms with Gasteiger partial charge in [-0.1, -0.05) is 0 Å². The molecule has 0 radical (unpaired) electrons. The third kappa shape index (κ3) is 4.17. The molecule has 0 saturated carbocycles. The van der Waals surface area contributed by atoms with Crippen molar-refractivity contribution in [3.8, 4) is 11.5 Å². The van der Waals surface area contributed by atoms with Gasteiger partial charge in [-0.2, -0.15) is 0 Å². The largest absolute Gasteiger partial charge is 0.497 e. The zero-order valence-electron chi connectivity index (χ0n) is 14.7. The maximum Gasteiger partial charge on any atom is 0.305 e. The van der Waals surface area contributed by atoms with Gasteiger partial charge in [0.25, 0.3) is 5.91 Å². The van der Waals surface area contributed by atoms with Crippen LogP contribution in [0.25, 0.3) is 11.0 Å². The number of hydrogen-bond donors (Lipinski definition) is 2. The van der Waals surface area contributed by atoms with E-state index in [0.717, 1.165) is 5.39 Å². The van der Waals surface area contributed by atoms with Crippen molar-refractivity contribution < 1.29 is 27.9 Å². The van der Waals surface area contributed by atoms with E-state index in [2.05, 4.69) is 10.9 Å². The number of nitrogens with one attached hydrogen (secondary N) is 2. The Kier molecular flexibility index (Phi) is 5.25. The highest BCUT2D eigenvalue weighted by Gasteiger charge is 2.18. The second-order valence-corrected chi connectivity index (χ2v) is 5.66. The zero-order chi connectivity index (χ0) is 19.4. The van der Waals surface area contributed by atoms with Crippen LogP contribution in [0.1, 0.15) is 16.1 Å². The van der Waals surface area contributed by atoms with Gasteiger partial charge in [-0.3, -0.25) is 20.4 Å². The zero-order valence-corrected chi connectivity index (χ0v) is 14.7. The fraction of sp³-hybridized carbons (Fsp3) is 0.158. The lowest BCUT2D eigenvalue weighted by molar-refractivity contribution is -0.123. The maximum absolute atomic E-state index is 12.8. The lowest BCUT2D eigenvalue weighted by atomic mass is 10.1. The molecule has 140 valence electrons. The van der Waals surface area contributed by atoms with Crippen molar-refractivity contribution in [3.05, 3.63) is 59.6 Å².